The molecule has 0 spiro atoms. The van der Waals surface area contributed by atoms with Crippen LogP contribution in [0, 0.1) is 5.92 Å². The van der Waals surface area contributed by atoms with Gasteiger partial charge in [-0.15, -0.1) is 0 Å². The van der Waals surface area contributed by atoms with Crippen LogP contribution in [0.2, 0.25) is 18.1 Å². The van der Waals surface area contributed by atoms with Gasteiger partial charge in [-0.2, -0.15) is 0 Å². The minimum Gasteiger partial charge on any atom is -0.415 e. The van der Waals surface area contributed by atoms with Gasteiger partial charge in [-0.3, -0.25) is 4.79 Å². The summed E-state index contributed by atoms with van der Waals surface area (Å²) < 4.78 is 6.62. The molecule has 0 aromatic heterocycles. The number of nitrogens with one attached hydrogen (secondary N) is 1. The van der Waals surface area contributed by atoms with Crippen LogP contribution in [0.1, 0.15) is 46.2 Å². The van der Waals surface area contributed by atoms with Crippen LogP contribution in [0.3, 0.4) is 0 Å². The number of amides is 1. The lowest BCUT2D eigenvalue weighted by Crippen LogP contribution is -2.54. The van der Waals surface area contributed by atoms with E-state index < -0.39 is 8.32 Å². The van der Waals surface area contributed by atoms with Crippen LogP contribution >= 0.6 is 0 Å². The lowest BCUT2D eigenvalue weighted by Gasteiger charge is -2.47. The van der Waals surface area contributed by atoms with Gasteiger partial charge < -0.3 is 14.6 Å². The van der Waals surface area contributed by atoms with Gasteiger partial charge in [0.25, 0.3) is 0 Å². The van der Waals surface area contributed by atoms with Crippen LogP contribution in [-0.4, -0.2) is 26.9 Å². The molecule has 5 heteroatoms. The average Bonchev–Trinajstić information content (AvgIpc) is 2.68. The van der Waals surface area contributed by atoms with Crippen molar-refractivity contribution in [3.05, 3.63) is 60.2 Å². The first-order chi connectivity index (χ1) is 14.0. The third-order valence-electron chi connectivity index (χ3n) is 6.85. The van der Waals surface area contributed by atoms with Gasteiger partial charge >= 0.3 is 0 Å². The summed E-state index contributed by atoms with van der Waals surface area (Å²) in [6.45, 7) is 15.7. The lowest BCUT2D eigenvalue weighted by molar-refractivity contribution is -0.117. The van der Waals surface area contributed by atoms with Gasteiger partial charge in [-0.1, -0.05) is 64.1 Å². The summed E-state index contributed by atoms with van der Waals surface area (Å²) in [7, 11) is -1.93. The van der Waals surface area contributed by atoms with E-state index in [0.717, 1.165) is 16.9 Å². The number of carbonyl (C=O) groups excluding carboxylic acids is 1. The highest BCUT2D eigenvalue weighted by molar-refractivity contribution is 6.74. The SMILES string of the molecule is CC(=O)N1c2ccccc2C(Nc2ccccc2)[C@@H](C)C1CO[Si](C)(C)C(C)(C)C. The van der Waals surface area contributed by atoms with Crippen LogP contribution < -0.4 is 10.2 Å². The normalized spacial score (nSPS) is 21.8. The molecule has 0 saturated heterocycles. The van der Waals surface area contributed by atoms with Gasteiger partial charge in [0.15, 0.2) is 8.32 Å². The highest BCUT2D eigenvalue weighted by atomic mass is 28.4. The van der Waals surface area contributed by atoms with Crippen molar-refractivity contribution < 1.29 is 9.22 Å². The molecule has 162 valence electrons. The maximum Gasteiger partial charge on any atom is 0.224 e. The molecule has 2 unspecified atom stereocenters. The van der Waals surface area contributed by atoms with E-state index in [1.807, 2.05) is 29.2 Å². The summed E-state index contributed by atoms with van der Waals surface area (Å²) in [5.41, 5.74) is 3.23. The zero-order valence-electron chi connectivity index (χ0n) is 19.4. The standard InChI is InChI=1S/C25H36N2O2Si/c1-18-23(17-29-30(6,7)25(3,4)5)27(19(2)28)22-16-12-11-15-21(22)24(18)26-20-13-9-8-10-14-20/h8-16,18,23-24,26H,17H2,1-7H3/t18-,23?,24?/m0/s1. The van der Waals surface area contributed by atoms with E-state index >= 15 is 0 Å². The first-order valence-electron chi connectivity index (χ1n) is 10.9. The molecular weight excluding hydrogens is 388 g/mol. The van der Waals surface area contributed by atoms with E-state index in [1.165, 1.54) is 0 Å². The van der Waals surface area contributed by atoms with Crippen molar-refractivity contribution >= 4 is 25.6 Å². The molecule has 3 rings (SSSR count). The minimum absolute atomic E-state index is 0.0206. The second-order valence-electron chi connectivity index (χ2n) is 9.93. The largest absolute Gasteiger partial charge is 0.415 e. The molecule has 0 aliphatic carbocycles. The molecule has 4 nitrogen and oxygen atoms in total. The number of rotatable bonds is 5. The van der Waals surface area contributed by atoms with Gasteiger partial charge in [0.2, 0.25) is 5.91 Å². The highest BCUT2D eigenvalue weighted by Gasteiger charge is 2.43. The van der Waals surface area contributed by atoms with Crippen molar-refractivity contribution in [1.29, 1.82) is 0 Å². The molecule has 2 aromatic rings. The molecule has 0 fully saturated rings. The third-order valence-corrected chi connectivity index (χ3v) is 11.4. The average molecular weight is 425 g/mol. The van der Waals surface area contributed by atoms with Gasteiger partial charge in [0, 0.05) is 24.2 Å². The Hall–Kier alpha value is -2.11. The van der Waals surface area contributed by atoms with Crippen LogP contribution in [0.15, 0.2) is 54.6 Å². The number of hydrogen-bond donors (Lipinski definition) is 1. The van der Waals surface area contributed by atoms with Crippen molar-refractivity contribution in [2.75, 3.05) is 16.8 Å². The zero-order chi connectivity index (χ0) is 22.1. The van der Waals surface area contributed by atoms with Crippen molar-refractivity contribution in [2.45, 2.75) is 64.8 Å². The number of anilines is 2. The number of para-hydroxylation sites is 2. The Morgan fingerprint density at radius 1 is 1.07 bits per heavy atom. The number of benzene rings is 2. The molecular formula is C25H36N2O2Si. The molecule has 3 atom stereocenters. The summed E-state index contributed by atoms with van der Waals surface area (Å²) in [5.74, 6) is 0.255. The summed E-state index contributed by atoms with van der Waals surface area (Å²) >= 11 is 0. The topological polar surface area (TPSA) is 41.6 Å². The Balaban J connectivity index is 1.98. The smallest absolute Gasteiger partial charge is 0.224 e. The summed E-state index contributed by atoms with van der Waals surface area (Å²) in [6, 6.07) is 18.6. The highest BCUT2D eigenvalue weighted by Crippen LogP contribution is 2.44. The van der Waals surface area contributed by atoms with E-state index in [1.54, 1.807) is 6.92 Å². The second-order valence-corrected chi connectivity index (χ2v) is 14.7. The molecule has 1 N–H and O–H groups in total. The van der Waals surface area contributed by atoms with Gasteiger partial charge in [0.05, 0.1) is 18.7 Å². The molecule has 0 saturated carbocycles. The number of fused-ring (bicyclic) bond motifs is 1. The van der Waals surface area contributed by atoms with E-state index in [4.69, 9.17) is 4.43 Å². The van der Waals surface area contributed by atoms with Gasteiger partial charge in [-0.05, 0) is 41.9 Å². The molecule has 1 aliphatic heterocycles. The summed E-state index contributed by atoms with van der Waals surface area (Å²) in [6.07, 6.45) is 0. The molecule has 0 bridgehead atoms. The van der Waals surface area contributed by atoms with E-state index in [9.17, 15) is 4.79 Å². The monoisotopic (exact) mass is 424 g/mol. The predicted molar refractivity (Wildman–Crippen MR) is 129 cm³/mol. The first-order valence-corrected chi connectivity index (χ1v) is 13.8. The predicted octanol–water partition coefficient (Wildman–Crippen LogP) is 6.23. The Morgan fingerprint density at radius 2 is 1.67 bits per heavy atom. The molecule has 1 aliphatic rings. The second kappa shape index (κ2) is 8.56. The molecule has 1 heterocycles. The Labute approximate surface area is 182 Å². The van der Waals surface area contributed by atoms with Crippen LogP contribution in [0.5, 0.6) is 0 Å². The quantitative estimate of drug-likeness (QED) is 0.578. The van der Waals surface area contributed by atoms with Crippen LogP contribution in [-0.2, 0) is 9.22 Å². The van der Waals surface area contributed by atoms with Gasteiger partial charge in [-0.25, -0.2) is 0 Å². The number of nitrogens with zero attached hydrogens (tertiary/aromatic N) is 1. The molecule has 0 radical (unpaired) electrons. The van der Waals surface area contributed by atoms with Crippen molar-refractivity contribution in [2.24, 2.45) is 5.92 Å². The fraction of sp³-hybridized carbons (Fsp3) is 0.480. The molecule has 1 amide bonds. The van der Waals surface area contributed by atoms with E-state index in [-0.39, 0.29) is 28.9 Å². The van der Waals surface area contributed by atoms with Crippen molar-refractivity contribution in [3.63, 3.8) is 0 Å². The Bertz CT molecular complexity index is 876. The third kappa shape index (κ3) is 4.47. The summed E-state index contributed by atoms with van der Waals surface area (Å²) in [4.78, 5) is 14.7. The van der Waals surface area contributed by atoms with Crippen molar-refractivity contribution in [3.8, 4) is 0 Å². The number of carbonyl (C=O) groups is 1. The van der Waals surface area contributed by atoms with Crippen LogP contribution in [0.25, 0.3) is 0 Å². The maximum absolute atomic E-state index is 12.8. The number of hydrogen-bond acceptors (Lipinski definition) is 3. The van der Waals surface area contributed by atoms with Crippen LogP contribution in [0.4, 0.5) is 11.4 Å². The van der Waals surface area contributed by atoms with Crippen molar-refractivity contribution in [1.82, 2.24) is 0 Å². The van der Waals surface area contributed by atoms with Gasteiger partial charge in [0.1, 0.15) is 0 Å². The fourth-order valence-electron chi connectivity index (χ4n) is 3.95. The molecule has 2 aromatic carbocycles. The van der Waals surface area contributed by atoms with E-state index in [0.29, 0.717) is 6.61 Å². The maximum atomic E-state index is 12.8. The minimum atomic E-state index is -1.93. The Morgan fingerprint density at radius 3 is 2.27 bits per heavy atom. The molecule has 30 heavy (non-hydrogen) atoms. The Kier molecular flexibility index (Phi) is 6.44. The van der Waals surface area contributed by atoms with E-state index in [2.05, 4.69) is 76.4 Å². The fourth-order valence-corrected chi connectivity index (χ4v) is 4.97. The summed E-state index contributed by atoms with van der Waals surface area (Å²) in [5, 5.41) is 3.85. The lowest BCUT2D eigenvalue weighted by atomic mass is 9.82. The zero-order valence-corrected chi connectivity index (χ0v) is 20.4. The first kappa shape index (κ1) is 22.6.